The standard InChI is InChI=1S/C23H38IN3O/c24-18-7-9-19(10-8-18)26-23-17-20(27-12-14-28-15-13-27)16-22-21(23)6-4-2-1-3-5-11-25-22/h16-19,21-22,25-26H,1-15H2/t18-,19+,21?,22?. The van der Waals surface area contributed by atoms with Crippen molar-refractivity contribution in [2.24, 2.45) is 5.92 Å². The van der Waals surface area contributed by atoms with Gasteiger partial charge >= 0.3 is 0 Å². The second kappa shape index (κ2) is 10.7. The van der Waals surface area contributed by atoms with Gasteiger partial charge in [-0.3, -0.25) is 0 Å². The molecule has 2 saturated heterocycles. The van der Waals surface area contributed by atoms with Gasteiger partial charge in [0.05, 0.1) is 13.2 Å². The maximum absolute atomic E-state index is 5.60. The first-order valence-electron chi connectivity index (χ1n) is 11.7. The number of rotatable bonds is 3. The van der Waals surface area contributed by atoms with Crippen LogP contribution in [0.5, 0.6) is 0 Å². The highest BCUT2D eigenvalue weighted by Gasteiger charge is 2.31. The van der Waals surface area contributed by atoms with E-state index in [0.717, 1.165) is 36.8 Å². The largest absolute Gasteiger partial charge is 0.385 e. The Morgan fingerprint density at radius 3 is 2.54 bits per heavy atom. The molecular weight excluding hydrogens is 461 g/mol. The molecule has 2 aliphatic carbocycles. The molecule has 4 rings (SSSR count). The van der Waals surface area contributed by atoms with E-state index < -0.39 is 0 Å². The van der Waals surface area contributed by atoms with Crippen LogP contribution >= 0.6 is 22.6 Å². The van der Waals surface area contributed by atoms with E-state index in [1.807, 2.05) is 0 Å². The van der Waals surface area contributed by atoms with Crippen molar-refractivity contribution in [1.82, 2.24) is 15.5 Å². The molecule has 5 heteroatoms. The molecule has 0 aromatic heterocycles. The van der Waals surface area contributed by atoms with Crippen LogP contribution in [0, 0.1) is 5.92 Å². The minimum atomic E-state index is 0.476. The second-order valence-corrected chi connectivity index (χ2v) is 10.8. The Hall–Kier alpha value is -0.270. The van der Waals surface area contributed by atoms with Gasteiger partial charge in [-0.15, -0.1) is 0 Å². The Kier molecular flexibility index (Phi) is 7.99. The molecule has 158 valence electrons. The number of morpholine rings is 1. The van der Waals surface area contributed by atoms with Crippen molar-refractivity contribution in [3.63, 3.8) is 0 Å². The SMILES string of the molecule is I[C@H]1CC[C@@H](NC2=CC(N3CCOCC3)=CC3NCCCCCCCC23)CC1. The Morgan fingerprint density at radius 2 is 1.71 bits per heavy atom. The van der Waals surface area contributed by atoms with Crippen LogP contribution in [0.1, 0.15) is 64.2 Å². The lowest BCUT2D eigenvalue weighted by Gasteiger charge is -2.39. The fourth-order valence-electron chi connectivity index (χ4n) is 5.23. The number of alkyl halides is 1. The van der Waals surface area contributed by atoms with Crippen molar-refractivity contribution in [3.8, 4) is 0 Å². The van der Waals surface area contributed by atoms with E-state index in [4.69, 9.17) is 4.74 Å². The van der Waals surface area contributed by atoms with Crippen molar-refractivity contribution in [3.05, 3.63) is 23.5 Å². The fraction of sp³-hybridized carbons (Fsp3) is 0.826. The third-order valence-corrected chi connectivity index (χ3v) is 8.21. The van der Waals surface area contributed by atoms with E-state index in [2.05, 4.69) is 50.3 Å². The molecule has 3 fully saturated rings. The summed E-state index contributed by atoms with van der Waals surface area (Å²) in [5.74, 6) is 0.611. The van der Waals surface area contributed by atoms with Gasteiger partial charge in [0.2, 0.25) is 0 Å². The molecule has 0 aromatic rings. The van der Waals surface area contributed by atoms with Gasteiger partial charge in [-0.25, -0.2) is 0 Å². The van der Waals surface area contributed by atoms with Crippen molar-refractivity contribution < 1.29 is 4.74 Å². The number of halogens is 1. The lowest BCUT2D eigenvalue weighted by atomic mass is 9.83. The van der Waals surface area contributed by atoms with Gasteiger partial charge in [-0.1, -0.05) is 48.3 Å². The molecule has 2 N–H and O–H groups in total. The maximum Gasteiger partial charge on any atom is 0.0642 e. The second-order valence-electron chi connectivity index (χ2n) is 9.03. The zero-order chi connectivity index (χ0) is 19.2. The zero-order valence-corrected chi connectivity index (χ0v) is 19.5. The zero-order valence-electron chi connectivity index (χ0n) is 17.3. The Balaban J connectivity index is 1.52. The van der Waals surface area contributed by atoms with Crippen molar-refractivity contribution in [2.75, 3.05) is 32.8 Å². The van der Waals surface area contributed by atoms with Crippen LogP contribution < -0.4 is 10.6 Å². The minimum Gasteiger partial charge on any atom is -0.385 e. The van der Waals surface area contributed by atoms with Crippen molar-refractivity contribution in [2.45, 2.75) is 80.2 Å². The van der Waals surface area contributed by atoms with E-state index >= 15 is 0 Å². The number of hydrogen-bond donors (Lipinski definition) is 2. The summed E-state index contributed by atoms with van der Waals surface area (Å²) < 4.78 is 6.48. The minimum absolute atomic E-state index is 0.476. The number of fused-ring (bicyclic) bond motifs is 1. The van der Waals surface area contributed by atoms with Crippen LogP contribution in [0.25, 0.3) is 0 Å². The number of nitrogens with one attached hydrogen (secondary N) is 2. The fourth-order valence-corrected chi connectivity index (χ4v) is 5.95. The van der Waals surface area contributed by atoms with Crippen LogP contribution in [0.15, 0.2) is 23.5 Å². The molecule has 4 nitrogen and oxygen atoms in total. The lowest BCUT2D eigenvalue weighted by Crippen LogP contribution is -2.46. The predicted octanol–water partition coefficient (Wildman–Crippen LogP) is 4.36. The molecule has 2 unspecified atom stereocenters. The number of nitrogens with zero attached hydrogens (tertiary/aromatic N) is 1. The molecule has 2 heterocycles. The van der Waals surface area contributed by atoms with Gasteiger partial charge in [0, 0.05) is 46.4 Å². The molecule has 0 aromatic carbocycles. The summed E-state index contributed by atoms with van der Waals surface area (Å²) in [4.78, 5) is 2.53. The molecule has 28 heavy (non-hydrogen) atoms. The third kappa shape index (κ3) is 5.66. The van der Waals surface area contributed by atoms with Gasteiger partial charge in [-0.05, 0) is 57.2 Å². The van der Waals surface area contributed by atoms with Crippen molar-refractivity contribution >= 4 is 22.6 Å². The van der Waals surface area contributed by atoms with Crippen molar-refractivity contribution in [1.29, 1.82) is 0 Å². The smallest absolute Gasteiger partial charge is 0.0642 e. The van der Waals surface area contributed by atoms with Crippen LogP contribution in [0.3, 0.4) is 0 Å². The summed E-state index contributed by atoms with van der Waals surface area (Å²) in [5, 5.41) is 7.97. The maximum atomic E-state index is 5.60. The summed E-state index contributed by atoms with van der Waals surface area (Å²) in [6.07, 6.45) is 18.6. The van der Waals surface area contributed by atoms with Crippen LogP contribution in [0.2, 0.25) is 0 Å². The van der Waals surface area contributed by atoms with E-state index in [0.29, 0.717) is 18.0 Å². The average Bonchev–Trinajstić information content (AvgIpc) is 2.74. The topological polar surface area (TPSA) is 36.5 Å². The van der Waals surface area contributed by atoms with E-state index in [9.17, 15) is 0 Å². The molecule has 0 spiro atoms. The number of hydrogen-bond acceptors (Lipinski definition) is 4. The predicted molar refractivity (Wildman–Crippen MR) is 125 cm³/mol. The lowest BCUT2D eigenvalue weighted by molar-refractivity contribution is 0.0546. The first-order valence-corrected chi connectivity index (χ1v) is 12.9. The molecule has 2 atom stereocenters. The molecule has 4 aliphatic rings. The highest BCUT2D eigenvalue weighted by atomic mass is 127. The van der Waals surface area contributed by atoms with Gasteiger partial charge < -0.3 is 20.3 Å². The first-order chi connectivity index (χ1) is 13.8. The summed E-state index contributed by atoms with van der Waals surface area (Å²) in [6, 6.07) is 1.14. The molecule has 0 bridgehead atoms. The molecule has 1 saturated carbocycles. The number of ether oxygens (including phenoxy) is 1. The normalized spacial score (nSPS) is 35.4. The Labute approximate surface area is 185 Å². The Bertz CT molecular complexity index is 550. The summed E-state index contributed by atoms with van der Waals surface area (Å²) in [6.45, 7) is 4.91. The Morgan fingerprint density at radius 1 is 0.964 bits per heavy atom. The van der Waals surface area contributed by atoms with Gasteiger partial charge in [0.15, 0.2) is 0 Å². The average molecular weight is 499 g/mol. The summed E-state index contributed by atoms with van der Waals surface area (Å²) >= 11 is 2.64. The molecular formula is C23H38IN3O. The van der Waals surface area contributed by atoms with Gasteiger partial charge in [0.25, 0.3) is 0 Å². The van der Waals surface area contributed by atoms with Gasteiger partial charge in [-0.2, -0.15) is 0 Å². The van der Waals surface area contributed by atoms with Gasteiger partial charge in [0.1, 0.15) is 0 Å². The number of allylic oxidation sites excluding steroid dienone is 1. The third-order valence-electron chi connectivity index (χ3n) is 6.96. The highest BCUT2D eigenvalue weighted by molar-refractivity contribution is 14.1. The van der Waals surface area contributed by atoms with Crippen LogP contribution in [-0.4, -0.2) is 53.8 Å². The summed E-state index contributed by atoms with van der Waals surface area (Å²) in [5.41, 5.74) is 2.93. The molecule has 2 aliphatic heterocycles. The van der Waals surface area contributed by atoms with Crippen LogP contribution in [-0.2, 0) is 4.74 Å². The van der Waals surface area contributed by atoms with E-state index in [-0.39, 0.29) is 0 Å². The van der Waals surface area contributed by atoms with E-state index in [1.165, 1.54) is 75.6 Å². The monoisotopic (exact) mass is 499 g/mol. The summed E-state index contributed by atoms with van der Waals surface area (Å²) in [7, 11) is 0. The molecule has 0 radical (unpaired) electrons. The quantitative estimate of drug-likeness (QED) is 0.447. The van der Waals surface area contributed by atoms with E-state index in [1.54, 1.807) is 0 Å². The highest BCUT2D eigenvalue weighted by Crippen LogP contribution is 2.32. The first kappa shape index (κ1) is 21.0. The van der Waals surface area contributed by atoms with Crippen LogP contribution in [0.4, 0.5) is 0 Å². The molecule has 0 amide bonds.